The number of fused-ring (bicyclic) bond motifs is 3. The van der Waals surface area contributed by atoms with Crippen LogP contribution in [0.5, 0.6) is 0 Å². The van der Waals surface area contributed by atoms with Crippen molar-refractivity contribution in [2.45, 2.75) is 18.4 Å². The first-order chi connectivity index (χ1) is 12.8. The standard InChI is InChI=1S/C22H27N3O/c26-22(23-16-20-17-24-11-13-25(20)14-12-24)15-21(18-7-3-1-4-8-18)19-9-5-2-6-10-19/h1-10,20-21H,11-17H2,(H,23,26). The molecule has 1 atom stereocenters. The maximum Gasteiger partial charge on any atom is 0.221 e. The summed E-state index contributed by atoms with van der Waals surface area (Å²) in [5, 5.41) is 3.20. The molecule has 4 heteroatoms. The number of carbonyl (C=O) groups excluding carboxylic acids is 1. The number of hydrogen-bond acceptors (Lipinski definition) is 3. The van der Waals surface area contributed by atoms with Gasteiger partial charge in [-0.3, -0.25) is 14.6 Å². The zero-order valence-electron chi connectivity index (χ0n) is 15.2. The summed E-state index contributed by atoms with van der Waals surface area (Å²) in [7, 11) is 0. The van der Waals surface area contributed by atoms with E-state index in [9.17, 15) is 4.79 Å². The Kier molecular flexibility index (Phi) is 5.32. The lowest BCUT2D eigenvalue weighted by atomic mass is 9.88. The van der Waals surface area contributed by atoms with Crippen molar-refractivity contribution in [3.8, 4) is 0 Å². The van der Waals surface area contributed by atoms with Gasteiger partial charge in [0.05, 0.1) is 0 Å². The fourth-order valence-electron chi connectivity index (χ4n) is 4.21. The van der Waals surface area contributed by atoms with E-state index in [0.29, 0.717) is 12.5 Å². The van der Waals surface area contributed by atoms with Crippen LogP contribution in [0.3, 0.4) is 0 Å². The maximum atomic E-state index is 12.7. The van der Waals surface area contributed by atoms with Gasteiger partial charge >= 0.3 is 0 Å². The first-order valence-corrected chi connectivity index (χ1v) is 9.62. The Balaban J connectivity index is 1.40. The van der Waals surface area contributed by atoms with Crippen molar-refractivity contribution < 1.29 is 4.79 Å². The summed E-state index contributed by atoms with van der Waals surface area (Å²) in [6.45, 7) is 6.46. The molecule has 2 aromatic carbocycles. The minimum absolute atomic E-state index is 0.101. The van der Waals surface area contributed by atoms with E-state index in [0.717, 1.165) is 26.2 Å². The second-order valence-electron chi connectivity index (χ2n) is 7.37. The van der Waals surface area contributed by atoms with Crippen LogP contribution in [0.15, 0.2) is 60.7 Å². The molecule has 0 aromatic heterocycles. The van der Waals surface area contributed by atoms with Crippen molar-refractivity contribution in [3.05, 3.63) is 71.8 Å². The average molecular weight is 349 g/mol. The molecule has 0 saturated carbocycles. The monoisotopic (exact) mass is 349 g/mol. The third-order valence-electron chi connectivity index (χ3n) is 5.72. The highest BCUT2D eigenvalue weighted by Crippen LogP contribution is 2.27. The van der Waals surface area contributed by atoms with Crippen LogP contribution in [0.4, 0.5) is 0 Å². The third-order valence-corrected chi connectivity index (χ3v) is 5.72. The van der Waals surface area contributed by atoms with Gasteiger partial charge < -0.3 is 5.32 Å². The Bertz CT molecular complexity index is 671. The largest absolute Gasteiger partial charge is 0.354 e. The van der Waals surface area contributed by atoms with Crippen molar-refractivity contribution in [3.63, 3.8) is 0 Å². The van der Waals surface area contributed by atoms with Gasteiger partial charge in [0.15, 0.2) is 0 Å². The Morgan fingerprint density at radius 2 is 1.50 bits per heavy atom. The Labute approximate surface area is 155 Å². The predicted molar refractivity (Wildman–Crippen MR) is 104 cm³/mol. The zero-order chi connectivity index (χ0) is 17.8. The predicted octanol–water partition coefficient (Wildman–Crippen LogP) is 2.32. The first kappa shape index (κ1) is 17.3. The van der Waals surface area contributed by atoms with Gasteiger partial charge in [0.25, 0.3) is 0 Å². The van der Waals surface area contributed by atoms with E-state index in [1.807, 2.05) is 36.4 Å². The number of rotatable bonds is 6. The van der Waals surface area contributed by atoms with Crippen LogP contribution < -0.4 is 5.32 Å². The highest BCUT2D eigenvalue weighted by molar-refractivity contribution is 5.77. The summed E-state index contributed by atoms with van der Waals surface area (Å²) in [6.07, 6.45) is 0.491. The molecule has 26 heavy (non-hydrogen) atoms. The second kappa shape index (κ2) is 8.02. The fourth-order valence-corrected chi connectivity index (χ4v) is 4.21. The Morgan fingerprint density at radius 3 is 2.00 bits per heavy atom. The van der Waals surface area contributed by atoms with E-state index >= 15 is 0 Å². The lowest BCUT2D eigenvalue weighted by Crippen LogP contribution is -2.63. The topological polar surface area (TPSA) is 35.6 Å². The molecule has 2 aromatic rings. The van der Waals surface area contributed by atoms with Crippen LogP contribution >= 0.6 is 0 Å². The van der Waals surface area contributed by atoms with Crippen LogP contribution in [0.1, 0.15) is 23.5 Å². The maximum absolute atomic E-state index is 12.7. The number of amides is 1. The lowest BCUT2D eigenvalue weighted by molar-refractivity contribution is -0.121. The molecule has 3 heterocycles. The number of hydrogen-bond donors (Lipinski definition) is 1. The molecule has 0 spiro atoms. The number of piperazine rings is 3. The smallest absolute Gasteiger partial charge is 0.221 e. The second-order valence-corrected chi connectivity index (χ2v) is 7.37. The van der Waals surface area contributed by atoms with E-state index in [4.69, 9.17) is 0 Å². The van der Waals surface area contributed by atoms with E-state index in [1.54, 1.807) is 0 Å². The van der Waals surface area contributed by atoms with E-state index < -0.39 is 0 Å². The van der Waals surface area contributed by atoms with Crippen LogP contribution in [0, 0.1) is 0 Å². The van der Waals surface area contributed by atoms with Gasteiger partial charge in [0, 0.05) is 57.6 Å². The summed E-state index contributed by atoms with van der Waals surface area (Å²) < 4.78 is 0. The summed E-state index contributed by atoms with van der Waals surface area (Å²) in [6, 6.07) is 21.2. The molecule has 3 fully saturated rings. The molecule has 3 aliphatic rings. The molecule has 0 aliphatic carbocycles. The molecule has 2 bridgehead atoms. The molecule has 1 N–H and O–H groups in total. The summed E-state index contributed by atoms with van der Waals surface area (Å²) in [5.41, 5.74) is 2.39. The van der Waals surface area contributed by atoms with Gasteiger partial charge in [0.1, 0.15) is 0 Å². The van der Waals surface area contributed by atoms with E-state index in [-0.39, 0.29) is 11.8 Å². The number of nitrogens with zero attached hydrogens (tertiary/aromatic N) is 2. The summed E-state index contributed by atoms with van der Waals surface area (Å²) >= 11 is 0. The van der Waals surface area contributed by atoms with Crippen LogP contribution in [0.2, 0.25) is 0 Å². The molecule has 1 unspecified atom stereocenters. The fraction of sp³-hybridized carbons (Fsp3) is 0.409. The Hall–Kier alpha value is -2.17. The number of benzene rings is 2. The van der Waals surface area contributed by atoms with Crippen molar-refractivity contribution in [2.75, 3.05) is 39.3 Å². The molecule has 136 valence electrons. The molecule has 4 nitrogen and oxygen atoms in total. The lowest BCUT2D eigenvalue weighted by Gasteiger charge is -2.47. The van der Waals surface area contributed by atoms with Crippen molar-refractivity contribution in [1.29, 1.82) is 0 Å². The van der Waals surface area contributed by atoms with Gasteiger partial charge in [0.2, 0.25) is 5.91 Å². The number of nitrogens with one attached hydrogen (secondary N) is 1. The van der Waals surface area contributed by atoms with Gasteiger partial charge in [-0.1, -0.05) is 60.7 Å². The van der Waals surface area contributed by atoms with Crippen molar-refractivity contribution in [2.24, 2.45) is 0 Å². The minimum atomic E-state index is 0.101. The molecule has 3 saturated heterocycles. The van der Waals surface area contributed by atoms with Crippen molar-refractivity contribution >= 4 is 5.91 Å². The highest BCUT2D eigenvalue weighted by Gasteiger charge is 2.31. The van der Waals surface area contributed by atoms with Gasteiger partial charge in [-0.2, -0.15) is 0 Å². The van der Waals surface area contributed by atoms with Gasteiger partial charge in [-0.05, 0) is 11.1 Å². The molecular weight excluding hydrogens is 322 g/mol. The molecular formula is C22H27N3O. The molecule has 3 aliphatic heterocycles. The highest BCUT2D eigenvalue weighted by atomic mass is 16.1. The van der Waals surface area contributed by atoms with Crippen LogP contribution in [-0.2, 0) is 4.79 Å². The van der Waals surface area contributed by atoms with Crippen LogP contribution in [-0.4, -0.2) is 61.0 Å². The third kappa shape index (κ3) is 3.97. The van der Waals surface area contributed by atoms with Crippen LogP contribution in [0.25, 0.3) is 0 Å². The normalized spacial score (nSPS) is 24.6. The van der Waals surface area contributed by atoms with E-state index in [1.165, 1.54) is 24.2 Å². The summed E-state index contributed by atoms with van der Waals surface area (Å²) in [4.78, 5) is 17.7. The SMILES string of the molecule is O=C(CC(c1ccccc1)c1ccccc1)NCC1CN2CCN1CC2. The average Bonchev–Trinajstić information content (AvgIpc) is 2.73. The van der Waals surface area contributed by atoms with Crippen molar-refractivity contribution in [1.82, 2.24) is 15.1 Å². The van der Waals surface area contributed by atoms with Gasteiger partial charge in [-0.15, -0.1) is 0 Å². The van der Waals surface area contributed by atoms with Gasteiger partial charge in [-0.25, -0.2) is 0 Å². The minimum Gasteiger partial charge on any atom is -0.354 e. The number of carbonyl (C=O) groups is 1. The Morgan fingerprint density at radius 1 is 0.923 bits per heavy atom. The first-order valence-electron chi connectivity index (χ1n) is 9.62. The molecule has 0 radical (unpaired) electrons. The zero-order valence-corrected chi connectivity index (χ0v) is 15.2. The van der Waals surface area contributed by atoms with E-state index in [2.05, 4.69) is 39.4 Å². The summed E-state index contributed by atoms with van der Waals surface area (Å²) in [5.74, 6) is 0.240. The molecule has 5 rings (SSSR count). The quantitative estimate of drug-likeness (QED) is 0.869. The molecule has 1 amide bonds.